The van der Waals surface area contributed by atoms with Crippen LogP contribution in [0.5, 0.6) is 0 Å². The summed E-state index contributed by atoms with van der Waals surface area (Å²) in [4.78, 5) is 0. The Labute approximate surface area is 84.7 Å². The molecule has 3 N–H and O–H groups in total. The minimum atomic E-state index is 0.0879. The Balaban J connectivity index is 2.22. The zero-order chi connectivity index (χ0) is 10.0. The molecule has 0 spiro atoms. The highest BCUT2D eigenvalue weighted by Gasteiger charge is 2.43. The first-order valence-corrected chi connectivity index (χ1v) is 5.21. The van der Waals surface area contributed by atoms with Crippen LogP contribution < -0.4 is 5.73 Å². The minimum Gasteiger partial charge on any atom is -0.395 e. The van der Waals surface area contributed by atoms with Crippen molar-refractivity contribution in [1.29, 1.82) is 0 Å². The average molecular weight is 191 g/mol. The first-order valence-electron chi connectivity index (χ1n) is 5.21. The van der Waals surface area contributed by atoms with Gasteiger partial charge >= 0.3 is 0 Å². The largest absolute Gasteiger partial charge is 0.395 e. The third-order valence-corrected chi connectivity index (χ3v) is 3.13. The van der Waals surface area contributed by atoms with E-state index in [1.54, 1.807) is 0 Å². The lowest BCUT2D eigenvalue weighted by atomic mass is 9.94. The molecule has 1 aliphatic carbocycles. The van der Waals surface area contributed by atoms with E-state index in [9.17, 15) is 5.11 Å². The van der Waals surface area contributed by atoms with Gasteiger partial charge in [-0.15, -0.1) is 0 Å². The number of nitrogens with two attached hydrogens (primary N) is 1. The first kappa shape index (κ1) is 9.69. The maximum Gasteiger partial charge on any atom is 0.0527 e. The molecule has 1 aromatic carbocycles. The summed E-state index contributed by atoms with van der Waals surface area (Å²) in [5.74, 6) is 0. The zero-order valence-electron chi connectivity index (χ0n) is 8.37. The van der Waals surface area contributed by atoms with Crippen LogP contribution in [-0.4, -0.2) is 18.3 Å². The highest BCUT2D eigenvalue weighted by atomic mass is 16.3. The number of aliphatic hydroxyl groups is 1. The summed E-state index contributed by atoms with van der Waals surface area (Å²) < 4.78 is 0. The van der Waals surface area contributed by atoms with Gasteiger partial charge in [-0.05, 0) is 36.9 Å². The zero-order valence-corrected chi connectivity index (χ0v) is 8.37. The van der Waals surface area contributed by atoms with E-state index in [1.807, 2.05) is 0 Å². The SMILES string of the molecule is NCCc1cccc(C2(CO)CC2)c1. The Morgan fingerprint density at radius 3 is 2.71 bits per heavy atom. The van der Waals surface area contributed by atoms with E-state index in [4.69, 9.17) is 5.73 Å². The van der Waals surface area contributed by atoms with Gasteiger partial charge < -0.3 is 10.8 Å². The van der Waals surface area contributed by atoms with Crippen molar-refractivity contribution in [2.45, 2.75) is 24.7 Å². The van der Waals surface area contributed by atoms with Crippen LogP contribution in [0.1, 0.15) is 24.0 Å². The summed E-state index contributed by atoms with van der Waals surface area (Å²) >= 11 is 0. The van der Waals surface area contributed by atoms with E-state index < -0.39 is 0 Å². The average Bonchev–Trinajstić information content (AvgIpc) is 2.99. The predicted molar refractivity (Wildman–Crippen MR) is 57.2 cm³/mol. The lowest BCUT2D eigenvalue weighted by Crippen LogP contribution is -2.12. The summed E-state index contributed by atoms with van der Waals surface area (Å²) in [5, 5.41) is 9.31. The Bertz CT molecular complexity index is 318. The smallest absolute Gasteiger partial charge is 0.0527 e. The molecule has 0 radical (unpaired) electrons. The minimum absolute atomic E-state index is 0.0879. The van der Waals surface area contributed by atoms with Gasteiger partial charge in [0.1, 0.15) is 0 Å². The van der Waals surface area contributed by atoms with Gasteiger partial charge in [-0.3, -0.25) is 0 Å². The van der Waals surface area contributed by atoms with Crippen LogP contribution in [0.25, 0.3) is 0 Å². The molecule has 1 fully saturated rings. The lowest BCUT2D eigenvalue weighted by Gasteiger charge is -2.13. The molecule has 0 aromatic heterocycles. The fraction of sp³-hybridized carbons (Fsp3) is 0.500. The molecule has 2 rings (SSSR count). The number of hydrogen-bond donors (Lipinski definition) is 2. The number of aliphatic hydroxyl groups excluding tert-OH is 1. The standard InChI is InChI=1S/C12H17NO/c13-7-4-10-2-1-3-11(8-10)12(9-14)5-6-12/h1-3,8,14H,4-7,9,13H2. The molecular weight excluding hydrogens is 174 g/mol. The van der Waals surface area contributed by atoms with Gasteiger partial charge in [0.05, 0.1) is 6.61 Å². The van der Waals surface area contributed by atoms with Crippen LogP contribution in [0.2, 0.25) is 0 Å². The molecule has 14 heavy (non-hydrogen) atoms. The summed E-state index contributed by atoms with van der Waals surface area (Å²) in [7, 11) is 0. The molecule has 0 saturated heterocycles. The van der Waals surface area contributed by atoms with Crippen LogP contribution in [-0.2, 0) is 11.8 Å². The van der Waals surface area contributed by atoms with Crippen molar-refractivity contribution in [2.24, 2.45) is 5.73 Å². The molecule has 2 nitrogen and oxygen atoms in total. The van der Waals surface area contributed by atoms with Crippen molar-refractivity contribution in [2.75, 3.05) is 13.2 Å². The van der Waals surface area contributed by atoms with Crippen LogP contribution in [0, 0.1) is 0 Å². The monoisotopic (exact) mass is 191 g/mol. The van der Waals surface area contributed by atoms with E-state index in [0.29, 0.717) is 6.54 Å². The molecular formula is C12H17NO. The maximum atomic E-state index is 9.31. The molecule has 0 amide bonds. The molecule has 2 heteroatoms. The Morgan fingerprint density at radius 1 is 1.36 bits per heavy atom. The number of rotatable bonds is 4. The highest BCUT2D eigenvalue weighted by molar-refractivity contribution is 5.34. The van der Waals surface area contributed by atoms with E-state index in [0.717, 1.165) is 19.3 Å². The van der Waals surface area contributed by atoms with Gasteiger partial charge in [0.25, 0.3) is 0 Å². The van der Waals surface area contributed by atoms with Crippen molar-refractivity contribution in [1.82, 2.24) is 0 Å². The fourth-order valence-corrected chi connectivity index (χ4v) is 1.91. The third-order valence-electron chi connectivity index (χ3n) is 3.13. The van der Waals surface area contributed by atoms with Gasteiger partial charge in [0, 0.05) is 5.41 Å². The highest BCUT2D eigenvalue weighted by Crippen LogP contribution is 2.47. The molecule has 0 bridgehead atoms. The Hall–Kier alpha value is -0.860. The normalized spacial score (nSPS) is 18.1. The number of benzene rings is 1. The second kappa shape index (κ2) is 3.71. The molecule has 0 unspecified atom stereocenters. The predicted octanol–water partition coefficient (Wildman–Crippen LogP) is 1.21. The van der Waals surface area contributed by atoms with E-state index in [2.05, 4.69) is 24.3 Å². The third kappa shape index (κ3) is 1.68. The summed E-state index contributed by atoms with van der Waals surface area (Å²) in [5.41, 5.74) is 8.17. The fourth-order valence-electron chi connectivity index (χ4n) is 1.91. The van der Waals surface area contributed by atoms with Crippen LogP contribution in [0.4, 0.5) is 0 Å². The van der Waals surface area contributed by atoms with E-state index in [1.165, 1.54) is 11.1 Å². The van der Waals surface area contributed by atoms with Gasteiger partial charge in [-0.2, -0.15) is 0 Å². The molecule has 1 aromatic rings. The summed E-state index contributed by atoms with van der Waals surface area (Å²) in [6.45, 7) is 0.967. The molecule has 76 valence electrons. The Morgan fingerprint density at radius 2 is 2.14 bits per heavy atom. The van der Waals surface area contributed by atoms with Crippen molar-refractivity contribution in [3.8, 4) is 0 Å². The number of hydrogen-bond acceptors (Lipinski definition) is 2. The van der Waals surface area contributed by atoms with E-state index in [-0.39, 0.29) is 12.0 Å². The van der Waals surface area contributed by atoms with Crippen molar-refractivity contribution >= 4 is 0 Å². The molecule has 1 aliphatic rings. The van der Waals surface area contributed by atoms with Crippen molar-refractivity contribution in [3.05, 3.63) is 35.4 Å². The van der Waals surface area contributed by atoms with Crippen LogP contribution >= 0.6 is 0 Å². The topological polar surface area (TPSA) is 46.2 Å². The summed E-state index contributed by atoms with van der Waals surface area (Å²) in [6, 6.07) is 8.47. The van der Waals surface area contributed by atoms with Crippen molar-refractivity contribution < 1.29 is 5.11 Å². The molecule has 0 atom stereocenters. The van der Waals surface area contributed by atoms with E-state index >= 15 is 0 Å². The molecule has 0 heterocycles. The van der Waals surface area contributed by atoms with Gasteiger partial charge in [-0.25, -0.2) is 0 Å². The van der Waals surface area contributed by atoms with Gasteiger partial charge in [-0.1, -0.05) is 24.3 Å². The quantitative estimate of drug-likeness (QED) is 0.751. The Kier molecular flexibility index (Phi) is 2.57. The lowest BCUT2D eigenvalue weighted by molar-refractivity contribution is 0.255. The van der Waals surface area contributed by atoms with Gasteiger partial charge in [0.15, 0.2) is 0 Å². The van der Waals surface area contributed by atoms with Gasteiger partial charge in [0.2, 0.25) is 0 Å². The first-order chi connectivity index (χ1) is 6.80. The summed E-state index contributed by atoms with van der Waals surface area (Å²) in [6.07, 6.45) is 3.17. The van der Waals surface area contributed by atoms with Crippen molar-refractivity contribution in [3.63, 3.8) is 0 Å². The molecule has 1 saturated carbocycles. The van der Waals surface area contributed by atoms with Crippen LogP contribution in [0.3, 0.4) is 0 Å². The molecule has 0 aliphatic heterocycles. The maximum absolute atomic E-state index is 9.31. The second-order valence-corrected chi connectivity index (χ2v) is 4.18. The second-order valence-electron chi connectivity index (χ2n) is 4.18. The van der Waals surface area contributed by atoms with Crippen LogP contribution in [0.15, 0.2) is 24.3 Å².